The second kappa shape index (κ2) is 8.98. The molecule has 0 bridgehead atoms. The maximum atomic E-state index is 11.4. The number of hydrogen-bond acceptors (Lipinski definition) is 4. The van der Waals surface area contributed by atoms with Crippen LogP contribution in [-0.4, -0.2) is 34.1 Å². The number of anilines is 1. The predicted molar refractivity (Wildman–Crippen MR) is 108 cm³/mol. The van der Waals surface area contributed by atoms with Crippen LogP contribution >= 0.6 is 0 Å². The van der Waals surface area contributed by atoms with Crippen LogP contribution in [0.15, 0.2) is 36.5 Å². The molecule has 5 heteroatoms. The summed E-state index contributed by atoms with van der Waals surface area (Å²) in [6.45, 7) is 5.05. The first-order valence-corrected chi connectivity index (χ1v) is 9.93. The van der Waals surface area contributed by atoms with E-state index in [1.54, 1.807) is 6.20 Å². The molecule has 0 aliphatic heterocycles. The summed E-state index contributed by atoms with van der Waals surface area (Å²) in [4.78, 5) is 22.4. The van der Waals surface area contributed by atoms with Gasteiger partial charge in [-0.3, -0.25) is 4.79 Å². The molecule has 3 rings (SSSR count). The summed E-state index contributed by atoms with van der Waals surface area (Å²) < 4.78 is 0. The first-order chi connectivity index (χ1) is 13.0. The van der Waals surface area contributed by atoms with Gasteiger partial charge < -0.3 is 10.0 Å². The molecule has 1 aliphatic carbocycles. The fourth-order valence-electron chi connectivity index (χ4n) is 3.77. The van der Waals surface area contributed by atoms with Crippen molar-refractivity contribution in [1.82, 2.24) is 9.97 Å². The fourth-order valence-corrected chi connectivity index (χ4v) is 3.77. The summed E-state index contributed by atoms with van der Waals surface area (Å²) in [7, 11) is 0. The number of nitrogens with zero attached hydrogens (tertiary/aromatic N) is 3. The minimum absolute atomic E-state index is 0.0285. The van der Waals surface area contributed by atoms with Crippen molar-refractivity contribution in [3.05, 3.63) is 42.1 Å². The molecular formula is C22H29N3O2. The van der Waals surface area contributed by atoms with Crippen molar-refractivity contribution in [3.8, 4) is 11.4 Å². The highest BCUT2D eigenvalue weighted by Crippen LogP contribution is 2.27. The maximum Gasteiger partial charge on any atom is 0.323 e. The van der Waals surface area contributed by atoms with Gasteiger partial charge in [0.1, 0.15) is 12.4 Å². The summed E-state index contributed by atoms with van der Waals surface area (Å²) >= 11 is 0. The Kier molecular flexibility index (Phi) is 6.43. The molecule has 0 unspecified atom stereocenters. The van der Waals surface area contributed by atoms with E-state index in [1.165, 1.54) is 37.7 Å². The Morgan fingerprint density at radius 3 is 2.48 bits per heavy atom. The second-order valence-corrected chi connectivity index (χ2v) is 7.79. The van der Waals surface area contributed by atoms with Crippen molar-refractivity contribution in [2.45, 2.75) is 51.9 Å². The highest BCUT2D eigenvalue weighted by Gasteiger charge is 2.20. The lowest BCUT2D eigenvalue weighted by molar-refractivity contribution is -0.135. The molecule has 0 saturated heterocycles. The van der Waals surface area contributed by atoms with Crippen molar-refractivity contribution in [1.29, 1.82) is 0 Å². The highest BCUT2D eigenvalue weighted by atomic mass is 16.4. The smallest absolute Gasteiger partial charge is 0.323 e. The molecule has 1 N–H and O–H groups in total. The molecule has 27 heavy (non-hydrogen) atoms. The van der Waals surface area contributed by atoms with Crippen molar-refractivity contribution in [3.63, 3.8) is 0 Å². The standard InChI is InChI=1S/C22H29N3O2/c1-16(2)18-8-10-19(11-9-18)22-23-13-12-20(24-22)25(15-21(26)27)14-17-6-4-3-5-7-17/h8-13,16-17H,3-7,14-15H2,1-2H3,(H,26,27). The number of hydrogen-bond donors (Lipinski definition) is 1. The number of rotatable bonds is 7. The van der Waals surface area contributed by atoms with Crippen LogP contribution in [-0.2, 0) is 4.79 Å². The first-order valence-electron chi connectivity index (χ1n) is 9.93. The van der Waals surface area contributed by atoms with E-state index in [-0.39, 0.29) is 6.54 Å². The van der Waals surface area contributed by atoms with E-state index >= 15 is 0 Å². The summed E-state index contributed by atoms with van der Waals surface area (Å²) in [5, 5.41) is 9.36. The summed E-state index contributed by atoms with van der Waals surface area (Å²) in [6, 6.07) is 10.1. The third-order valence-corrected chi connectivity index (χ3v) is 5.33. The van der Waals surface area contributed by atoms with Gasteiger partial charge in [0.25, 0.3) is 0 Å². The van der Waals surface area contributed by atoms with Gasteiger partial charge >= 0.3 is 5.97 Å². The molecule has 2 aromatic rings. The predicted octanol–water partition coefficient (Wildman–Crippen LogP) is 4.74. The number of aliphatic carboxylic acids is 1. The van der Waals surface area contributed by atoms with Crippen LogP contribution in [0.5, 0.6) is 0 Å². The van der Waals surface area contributed by atoms with Crippen LogP contribution in [0.4, 0.5) is 5.82 Å². The summed E-state index contributed by atoms with van der Waals surface area (Å²) in [5.41, 5.74) is 2.23. The number of carboxylic acids is 1. The molecule has 1 fully saturated rings. The van der Waals surface area contributed by atoms with Crippen molar-refractivity contribution in [2.75, 3.05) is 18.0 Å². The number of carboxylic acid groups (broad SMARTS) is 1. The van der Waals surface area contributed by atoms with E-state index in [0.717, 1.165) is 12.1 Å². The van der Waals surface area contributed by atoms with E-state index in [1.807, 2.05) is 23.1 Å². The number of benzene rings is 1. The number of carbonyl (C=O) groups is 1. The molecule has 0 atom stereocenters. The average molecular weight is 367 g/mol. The first kappa shape index (κ1) is 19.3. The van der Waals surface area contributed by atoms with Gasteiger partial charge in [0.15, 0.2) is 5.82 Å². The Bertz CT molecular complexity index is 752. The van der Waals surface area contributed by atoms with Gasteiger partial charge in [0.05, 0.1) is 0 Å². The Morgan fingerprint density at radius 1 is 1.15 bits per heavy atom. The number of aromatic nitrogens is 2. The zero-order chi connectivity index (χ0) is 19.2. The van der Waals surface area contributed by atoms with Gasteiger partial charge in [-0.2, -0.15) is 0 Å². The summed E-state index contributed by atoms with van der Waals surface area (Å²) in [5.74, 6) is 1.53. The maximum absolute atomic E-state index is 11.4. The van der Waals surface area contributed by atoms with E-state index in [0.29, 0.717) is 23.5 Å². The average Bonchev–Trinajstić information content (AvgIpc) is 2.68. The van der Waals surface area contributed by atoms with E-state index < -0.39 is 5.97 Å². The lowest BCUT2D eigenvalue weighted by Crippen LogP contribution is -2.35. The molecule has 1 heterocycles. The Morgan fingerprint density at radius 2 is 1.85 bits per heavy atom. The van der Waals surface area contributed by atoms with Gasteiger partial charge in [0.2, 0.25) is 0 Å². The monoisotopic (exact) mass is 367 g/mol. The van der Waals surface area contributed by atoms with E-state index in [2.05, 4.69) is 35.9 Å². The molecule has 0 radical (unpaired) electrons. The Balaban J connectivity index is 1.82. The molecule has 144 valence electrons. The van der Waals surface area contributed by atoms with Gasteiger partial charge in [-0.05, 0) is 36.3 Å². The van der Waals surface area contributed by atoms with Gasteiger partial charge in [-0.25, -0.2) is 9.97 Å². The third kappa shape index (κ3) is 5.28. The second-order valence-electron chi connectivity index (χ2n) is 7.79. The van der Waals surface area contributed by atoms with Gasteiger partial charge in [0, 0.05) is 18.3 Å². The van der Waals surface area contributed by atoms with Crippen LogP contribution in [0.2, 0.25) is 0 Å². The minimum Gasteiger partial charge on any atom is -0.480 e. The molecule has 1 saturated carbocycles. The van der Waals surface area contributed by atoms with Crippen LogP contribution in [0.25, 0.3) is 11.4 Å². The van der Waals surface area contributed by atoms with E-state index in [9.17, 15) is 9.90 Å². The Labute approximate surface area is 161 Å². The SMILES string of the molecule is CC(C)c1ccc(-c2nccc(N(CC(=O)O)CC3CCCCC3)n2)cc1. The fraction of sp³-hybridized carbons (Fsp3) is 0.500. The largest absolute Gasteiger partial charge is 0.480 e. The van der Waals surface area contributed by atoms with Crippen LogP contribution < -0.4 is 4.90 Å². The van der Waals surface area contributed by atoms with Gasteiger partial charge in [-0.1, -0.05) is 57.4 Å². The highest BCUT2D eigenvalue weighted by molar-refractivity contribution is 5.73. The summed E-state index contributed by atoms with van der Waals surface area (Å²) in [6.07, 6.45) is 7.84. The van der Waals surface area contributed by atoms with Crippen molar-refractivity contribution < 1.29 is 9.90 Å². The molecule has 1 aliphatic rings. The molecule has 1 aromatic heterocycles. The van der Waals surface area contributed by atoms with Crippen LogP contribution in [0.1, 0.15) is 57.4 Å². The van der Waals surface area contributed by atoms with Crippen molar-refractivity contribution >= 4 is 11.8 Å². The Hall–Kier alpha value is -2.43. The molecular weight excluding hydrogens is 338 g/mol. The zero-order valence-corrected chi connectivity index (χ0v) is 16.3. The normalized spacial score (nSPS) is 15.1. The minimum atomic E-state index is -0.827. The van der Waals surface area contributed by atoms with Gasteiger partial charge in [-0.15, -0.1) is 0 Å². The van der Waals surface area contributed by atoms with Crippen LogP contribution in [0, 0.1) is 5.92 Å². The van der Waals surface area contributed by atoms with E-state index in [4.69, 9.17) is 0 Å². The van der Waals surface area contributed by atoms with Crippen molar-refractivity contribution in [2.24, 2.45) is 5.92 Å². The quantitative estimate of drug-likeness (QED) is 0.766. The lowest BCUT2D eigenvalue weighted by atomic mass is 9.89. The lowest BCUT2D eigenvalue weighted by Gasteiger charge is -2.29. The molecule has 1 aromatic carbocycles. The zero-order valence-electron chi connectivity index (χ0n) is 16.3. The topological polar surface area (TPSA) is 66.3 Å². The molecule has 5 nitrogen and oxygen atoms in total. The molecule has 0 amide bonds. The van der Waals surface area contributed by atoms with Crippen LogP contribution in [0.3, 0.4) is 0 Å². The molecule has 0 spiro atoms. The third-order valence-electron chi connectivity index (χ3n) is 5.33.